The molecule has 1 unspecified atom stereocenters. The lowest BCUT2D eigenvalue weighted by molar-refractivity contribution is -0.130. The van der Waals surface area contributed by atoms with E-state index in [0.717, 1.165) is 6.42 Å². The molecule has 0 aliphatic rings. The van der Waals surface area contributed by atoms with Crippen LogP contribution < -0.4 is 15.4 Å². The number of nitrogens with one attached hydrogen (secondary N) is 2. The third-order valence-corrected chi connectivity index (χ3v) is 2.74. The number of hydrogen-bond acceptors (Lipinski definition) is 3. The van der Waals surface area contributed by atoms with E-state index < -0.39 is 6.10 Å². The Morgan fingerprint density at radius 1 is 1.25 bits per heavy atom. The molecule has 0 saturated heterocycles. The second kappa shape index (κ2) is 8.43. The summed E-state index contributed by atoms with van der Waals surface area (Å²) in [4.78, 5) is 23.1. The fourth-order valence-corrected chi connectivity index (χ4v) is 1.53. The van der Waals surface area contributed by atoms with Crippen molar-refractivity contribution in [2.45, 2.75) is 26.4 Å². The Morgan fingerprint density at radius 2 is 1.90 bits per heavy atom. The van der Waals surface area contributed by atoms with Crippen LogP contribution in [-0.4, -0.2) is 31.0 Å². The number of halogens is 1. The van der Waals surface area contributed by atoms with E-state index >= 15 is 0 Å². The van der Waals surface area contributed by atoms with Gasteiger partial charge in [0.05, 0.1) is 6.54 Å². The largest absolute Gasteiger partial charge is 0.481 e. The van der Waals surface area contributed by atoms with Gasteiger partial charge in [0.25, 0.3) is 5.91 Å². The Hall–Kier alpha value is -1.75. The Kier molecular flexibility index (Phi) is 6.87. The molecule has 0 bridgehead atoms. The molecule has 1 atom stereocenters. The maximum atomic E-state index is 11.8. The van der Waals surface area contributed by atoms with Gasteiger partial charge in [-0.1, -0.05) is 18.5 Å². The van der Waals surface area contributed by atoms with Crippen LogP contribution in [0.1, 0.15) is 20.3 Å². The van der Waals surface area contributed by atoms with Crippen LogP contribution in [-0.2, 0) is 9.59 Å². The van der Waals surface area contributed by atoms with Gasteiger partial charge < -0.3 is 15.4 Å². The van der Waals surface area contributed by atoms with Crippen molar-refractivity contribution in [1.82, 2.24) is 10.6 Å². The third-order valence-electron chi connectivity index (χ3n) is 2.49. The highest BCUT2D eigenvalue weighted by Crippen LogP contribution is 2.16. The lowest BCUT2D eigenvalue weighted by Crippen LogP contribution is -2.42. The quantitative estimate of drug-likeness (QED) is 0.806. The monoisotopic (exact) mass is 298 g/mol. The van der Waals surface area contributed by atoms with E-state index in [1.165, 1.54) is 0 Å². The first-order valence-electron chi connectivity index (χ1n) is 6.49. The molecule has 5 nitrogen and oxygen atoms in total. The van der Waals surface area contributed by atoms with Gasteiger partial charge in [-0.25, -0.2) is 0 Å². The summed E-state index contributed by atoms with van der Waals surface area (Å²) >= 11 is 5.76. The van der Waals surface area contributed by atoms with Crippen LogP contribution >= 0.6 is 11.6 Å². The SMILES string of the molecule is CCCNC(=O)CNC(=O)C(C)Oc1ccc(Cl)cc1. The van der Waals surface area contributed by atoms with Gasteiger partial charge in [-0.3, -0.25) is 9.59 Å². The van der Waals surface area contributed by atoms with Crippen molar-refractivity contribution in [3.05, 3.63) is 29.3 Å². The lowest BCUT2D eigenvalue weighted by Gasteiger charge is -2.14. The predicted octanol–water partition coefficient (Wildman–Crippen LogP) is 1.75. The first-order chi connectivity index (χ1) is 9.52. The molecule has 2 amide bonds. The summed E-state index contributed by atoms with van der Waals surface area (Å²) in [6.07, 6.45) is 0.172. The molecule has 1 rings (SSSR count). The molecule has 0 spiro atoms. The number of amides is 2. The molecule has 0 heterocycles. The first kappa shape index (κ1) is 16.3. The summed E-state index contributed by atoms with van der Waals surface area (Å²) in [7, 11) is 0. The second-order valence-corrected chi connectivity index (χ2v) is 4.72. The van der Waals surface area contributed by atoms with E-state index in [-0.39, 0.29) is 18.4 Å². The predicted molar refractivity (Wildman–Crippen MR) is 77.9 cm³/mol. The van der Waals surface area contributed by atoms with Crippen molar-refractivity contribution in [3.8, 4) is 5.75 Å². The van der Waals surface area contributed by atoms with Gasteiger partial charge in [0.2, 0.25) is 5.91 Å². The maximum absolute atomic E-state index is 11.8. The summed E-state index contributed by atoms with van der Waals surface area (Å²) in [5.74, 6) is -0.00187. The van der Waals surface area contributed by atoms with Gasteiger partial charge in [0.1, 0.15) is 5.75 Å². The van der Waals surface area contributed by atoms with E-state index in [1.807, 2.05) is 6.92 Å². The van der Waals surface area contributed by atoms with Gasteiger partial charge >= 0.3 is 0 Å². The maximum Gasteiger partial charge on any atom is 0.261 e. The molecule has 0 fully saturated rings. The molecule has 6 heteroatoms. The normalized spacial score (nSPS) is 11.6. The Balaban J connectivity index is 2.35. The van der Waals surface area contributed by atoms with Gasteiger partial charge in [0, 0.05) is 11.6 Å². The van der Waals surface area contributed by atoms with Crippen LogP contribution in [0, 0.1) is 0 Å². The zero-order chi connectivity index (χ0) is 15.0. The molecule has 1 aromatic carbocycles. The standard InChI is InChI=1S/C14H19ClN2O3/c1-3-8-16-13(18)9-17-14(19)10(2)20-12-6-4-11(15)5-7-12/h4-7,10H,3,8-9H2,1-2H3,(H,16,18)(H,17,19). The van der Waals surface area contributed by atoms with E-state index in [4.69, 9.17) is 16.3 Å². The molecular weight excluding hydrogens is 280 g/mol. The van der Waals surface area contributed by atoms with Crippen LogP contribution in [0.4, 0.5) is 0 Å². The number of hydrogen-bond donors (Lipinski definition) is 2. The van der Waals surface area contributed by atoms with Crippen molar-refractivity contribution in [1.29, 1.82) is 0 Å². The van der Waals surface area contributed by atoms with Gasteiger partial charge in [-0.2, -0.15) is 0 Å². The smallest absolute Gasteiger partial charge is 0.261 e. The van der Waals surface area contributed by atoms with E-state index in [0.29, 0.717) is 17.3 Å². The summed E-state index contributed by atoms with van der Waals surface area (Å²) in [6.45, 7) is 4.13. The highest BCUT2D eigenvalue weighted by atomic mass is 35.5. The minimum Gasteiger partial charge on any atom is -0.481 e. The van der Waals surface area contributed by atoms with Gasteiger partial charge in [0.15, 0.2) is 6.10 Å². The molecular formula is C14H19ClN2O3. The Labute approximate surface area is 123 Å². The van der Waals surface area contributed by atoms with Crippen LogP contribution in [0.5, 0.6) is 5.75 Å². The zero-order valence-corrected chi connectivity index (χ0v) is 12.4. The minimum atomic E-state index is -0.685. The number of rotatable bonds is 7. The average molecular weight is 299 g/mol. The topological polar surface area (TPSA) is 67.4 Å². The highest BCUT2D eigenvalue weighted by Gasteiger charge is 2.15. The van der Waals surface area contributed by atoms with Crippen molar-refractivity contribution >= 4 is 23.4 Å². The average Bonchev–Trinajstić information content (AvgIpc) is 2.44. The molecule has 0 saturated carbocycles. The van der Waals surface area contributed by atoms with Crippen molar-refractivity contribution < 1.29 is 14.3 Å². The summed E-state index contributed by atoms with van der Waals surface area (Å²) in [5.41, 5.74) is 0. The molecule has 1 aromatic rings. The van der Waals surface area contributed by atoms with Crippen molar-refractivity contribution in [2.24, 2.45) is 0 Å². The number of carbonyl (C=O) groups excluding carboxylic acids is 2. The summed E-state index contributed by atoms with van der Waals surface area (Å²) in [6, 6.07) is 6.72. The molecule has 0 radical (unpaired) electrons. The highest BCUT2D eigenvalue weighted by molar-refractivity contribution is 6.30. The Morgan fingerprint density at radius 3 is 2.50 bits per heavy atom. The fraction of sp³-hybridized carbons (Fsp3) is 0.429. The van der Waals surface area contributed by atoms with Crippen molar-refractivity contribution in [2.75, 3.05) is 13.1 Å². The zero-order valence-electron chi connectivity index (χ0n) is 11.6. The van der Waals surface area contributed by atoms with Crippen LogP contribution in [0.3, 0.4) is 0 Å². The fourth-order valence-electron chi connectivity index (χ4n) is 1.41. The van der Waals surface area contributed by atoms with Crippen LogP contribution in [0.25, 0.3) is 0 Å². The minimum absolute atomic E-state index is 0.0485. The van der Waals surface area contributed by atoms with Crippen LogP contribution in [0.15, 0.2) is 24.3 Å². The number of carbonyl (C=O) groups is 2. The molecule has 110 valence electrons. The van der Waals surface area contributed by atoms with E-state index in [2.05, 4.69) is 10.6 Å². The van der Waals surface area contributed by atoms with Crippen LogP contribution in [0.2, 0.25) is 5.02 Å². The molecule has 2 N–H and O–H groups in total. The van der Waals surface area contributed by atoms with E-state index in [1.54, 1.807) is 31.2 Å². The lowest BCUT2D eigenvalue weighted by atomic mass is 10.3. The first-order valence-corrected chi connectivity index (χ1v) is 6.87. The molecule has 0 aromatic heterocycles. The molecule has 0 aliphatic carbocycles. The molecule has 20 heavy (non-hydrogen) atoms. The van der Waals surface area contributed by atoms with Gasteiger partial charge in [-0.05, 0) is 37.6 Å². The van der Waals surface area contributed by atoms with Crippen molar-refractivity contribution in [3.63, 3.8) is 0 Å². The second-order valence-electron chi connectivity index (χ2n) is 4.28. The summed E-state index contributed by atoms with van der Waals surface area (Å²) in [5, 5.41) is 5.79. The third kappa shape index (κ3) is 5.93. The number of ether oxygens (including phenoxy) is 1. The van der Waals surface area contributed by atoms with Gasteiger partial charge in [-0.15, -0.1) is 0 Å². The summed E-state index contributed by atoms with van der Waals surface area (Å²) < 4.78 is 5.44. The number of benzene rings is 1. The molecule has 0 aliphatic heterocycles. The van der Waals surface area contributed by atoms with E-state index in [9.17, 15) is 9.59 Å². The Bertz CT molecular complexity index is 448.